The quantitative estimate of drug-likeness (QED) is 0.611. The van der Waals surface area contributed by atoms with Crippen LogP contribution < -0.4 is 5.32 Å². The second-order valence-corrected chi connectivity index (χ2v) is 4.56. The van der Waals surface area contributed by atoms with Gasteiger partial charge in [-0.05, 0) is 18.8 Å². The minimum Gasteiger partial charge on any atom is -0.469 e. The van der Waals surface area contributed by atoms with E-state index in [1.807, 2.05) is 12.5 Å². The van der Waals surface area contributed by atoms with E-state index in [1.165, 1.54) is 7.11 Å². The van der Waals surface area contributed by atoms with Crippen molar-refractivity contribution in [2.45, 2.75) is 25.3 Å². The Morgan fingerprint density at radius 3 is 2.89 bits per heavy atom. The van der Waals surface area contributed by atoms with Crippen molar-refractivity contribution < 1.29 is 14.3 Å². The molecule has 0 aliphatic heterocycles. The number of hydrogen-bond donors (Lipinski definition) is 1. The molecule has 98 valence electrons. The zero-order valence-electron chi connectivity index (χ0n) is 10.3. The van der Waals surface area contributed by atoms with Gasteiger partial charge >= 0.3 is 5.97 Å². The third kappa shape index (κ3) is 3.09. The van der Waals surface area contributed by atoms with Gasteiger partial charge in [0.15, 0.2) is 0 Å². The number of amides is 1. The van der Waals surface area contributed by atoms with Gasteiger partial charge in [-0.15, -0.1) is 0 Å². The smallest absolute Gasteiger partial charge is 0.315 e. The predicted molar refractivity (Wildman–Crippen MR) is 63.6 cm³/mol. The molecule has 0 bridgehead atoms. The first-order chi connectivity index (χ1) is 8.69. The summed E-state index contributed by atoms with van der Waals surface area (Å²) in [6.07, 6.45) is 7.41. The van der Waals surface area contributed by atoms with E-state index in [2.05, 4.69) is 19.6 Å². The zero-order chi connectivity index (χ0) is 13.0. The number of methoxy groups -OCH3 is 1. The fourth-order valence-corrected chi connectivity index (χ4v) is 2.12. The number of carbonyl (C=O) groups excluding carboxylic acids is 2. The maximum Gasteiger partial charge on any atom is 0.315 e. The summed E-state index contributed by atoms with van der Waals surface area (Å²) in [7, 11) is 1.28. The van der Waals surface area contributed by atoms with Crippen molar-refractivity contribution in [1.29, 1.82) is 0 Å². The Labute approximate surface area is 105 Å². The first kappa shape index (κ1) is 12.6. The van der Waals surface area contributed by atoms with Crippen molar-refractivity contribution in [3.8, 4) is 0 Å². The number of aromatic nitrogens is 2. The van der Waals surface area contributed by atoms with Crippen molar-refractivity contribution in [2.75, 3.05) is 13.7 Å². The van der Waals surface area contributed by atoms with E-state index in [9.17, 15) is 9.59 Å². The van der Waals surface area contributed by atoms with Crippen LogP contribution in [0.25, 0.3) is 0 Å². The lowest BCUT2D eigenvalue weighted by molar-refractivity contribution is -0.143. The van der Waals surface area contributed by atoms with Crippen LogP contribution in [0.1, 0.15) is 25.3 Å². The SMILES string of the molecule is COC(=O)CC(=O)NCC1CC(n2ccnc2)C1. The van der Waals surface area contributed by atoms with Gasteiger partial charge in [-0.25, -0.2) is 4.98 Å². The van der Waals surface area contributed by atoms with E-state index < -0.39 is 5.97 Å². The van der Waals surface area contributed by atoms with Gasteiger partial charge < -0.3 is 14.6 Å². The molecule has 1 fully saturated rings. The average Bonchev–Trinajstić information content (AvgIpc) is 2.80. The van der Waals surface area contributed by atoms with Crippen LogP contribution in [0.15, 0.2) is 18.7 Å². The molecule has 1 aromatic heterocycles. The lowest BCUT2D eigenvalue weighted by atomic mass is 9.80. The summed E-state index contributed by atoms with van der Waals surface area (Å²) in [5.41, 5.74) is 0. The molecule has 1 amide bonds. The molecule has 18 heavy (non-hydrogen) atoms. The summed E-state index contributed by atoms with van der Waals surface area (Å²) in [4.78, 5) is 26.2. The standard InChI is InChI=1S/C12H17N3O3/c1-18-12(17)6-11(16)14-7-9-4-10(5-9)15-3-2-13-8-15/h2-3,8-10H,4-7H2,1H3,(H,14,16). The Bertz CT molecular complexity index is 410. The summed E-state index contributed by atoms with van der Waals surface area (Å²) < 4.78 is 6.51. The van der Waals surface area contributed by atoms with E-state index in [0.717, 1.165) is 12.8 Å². The molecule has 2 rings (SSSR count). The number of carbonyl (C=O) groups is 2. The molecule has 1 heterocycles. The summed E-state index contributed by atoms with van der Waals surface area (Å²) >= 11 is 0. The van der Waals surface area contributed by atoms with Crippen LogP contribution in [0.4, 0.5) is 0 Å². The maximum atomic E-state index is 11.3. The summed E-state index contributed by atoms with van der Waals surface area (Å²) in [5.74, 6) is -0.288. The van der Waals surface area contributed by atoms with Gasteiger partial charge in [-0.3, -0.25) is 9.59 Å². The van der Waals surface area contributed by atoms with Crippen LogP contribution in [-0.2, 0) is 14.3 Å². The Balaban J connectivity index is 1.62. The van der Waals surface area contributed by atoms with Gasteiger partial charge in [0, 0.05) is 25.0 Å². The minimum absolute atomic E-state index is 0.200. The lowest BCUT2D eigenvalue weighted by Crippen LogP contribution is -2.37. The van der Waals surface area contributed by atoms with Crippen LogP contribution >= 0.6 is 0 Å². The molecule has 1 aromatic rings. The first-order valence-electron chi connectivity index (χ1n) is 6.00. The third-order valence-electron chi connectivity index (χ3n) is 3.28. The van der Waals surface area contributed by atoms with Crippen molar-refractivity contribution in [3.05, 3.63) is 18.7 Å². The normalized spacial score (nSPS) is 22.1. The number of ether oxygens (including phenoxy) is 1. The molecular formula is C12H17N3O3. The van der Waals surface area contributed by atoms with Crippen LogP contribution in [0.2, 0.25) is 0 Å². The van der Waals surface area contributed by atoms with E-state index in [-0.39, 0.29) is 12.3 Å². The van der Waals surface area contributed by atoms with Crippen LogP contribution in [0.3, 0.4) is 0 Å². The number of esters is 1. The zero-order valence-corrected chi connectivity index (χ0v) is 10.3. The number of rotatable bonds is 5. The van der Waals surface area contributed by atoms with Gasteiger partial charge in [-0.1, -0.05) is 0 Å². The van der Waals surface area contributed by atoms with Crippen molar-refractivity contribution >= 4 is 11.9 Å². The predicted octanol–water partition coefficient (Wildman–Crippen LogP) is 0.513. The monoisotopic (exact) mass is 251 g/mol. The minimum atomic E-state index is -0.502. The van der Waals surface area contributed by atoms with Gasteiger partial charge in [0.05, 0.1) is 13.4 Å². The van der Waals surface area contributed by atoms with Crippen molar-refractivity contribution in [2.24, 2.45) is 5.92 Å². The Hall–Kier alpha value is -1.85. The summed E-state index contributed by atoms with van der Waals surface area (Å²) in [6, 6.07) is 0.495. The molecule has 0 radical (unpaired) electrons. The van der Waals surface area contributed by atoms with Crippen molar-refractivity contribution in [1.82, 2.24) is 14.9 Å². The lowest BCUT2D eigenvalue weighted by Gasteiger charge is -2.36. The summed E-state index contributed by atoms with van der Waals surface area (Å²) in [6.45, 7) is 0.626. The summed E-state index contributed by atoms with van der Waals surface area (Å²) in [5, 5.41) is 2.75. The second kappa shape index (κ2) is 5.66. The van der Waals surface area contributed by atoms with E-state index >= 15 is 0 Å². The van der Waals surface area contributed by atoms with Crippen LogP contribution in [0.5, 0.6) is 0 Å². The van der Waals surface area contributed by atoms with Crippen LogP contribution in [0, 0.1) is 5.92 Å². The number of nitrogens with zero attached hydrogens (tertiary/aromatic N) is 2. The highest BCUT2D eigenvalue weighted by Gasteiger charge is 2.30. The second-order valence-electron chi connectivity index (χ2n) is 4.56. The van der Waals surface area contributed by atoms with E-state index in [0.29, 0.717) is 18.5 Å². The molecule has 6 heteroatoms. The van der Waals surface area contributed by atoms with Gasteiger partial charge in [0.1, 0.15) is 6.42 Å². The Morgan fingerprint density at radius 2 is 2.28 bits per heavy atom. The highest BCUT2D eigenvalue weighted by Crippen LogP contribution is 2.36. The molecule has 1 saturated carbocycles. The van der Waals surface area contributed by atoms with Crippen molar-refractivity contribution in [3.63, 3.8) is 0 Å². The number of nitrogens with one attached hydrogen (secondary N) is 1. The third-order valence-corrected chi connectivity index (χ3v) is 3.28. The molecule has 1 N–H and O–H groups in total. The molecule has 1 aliphatic carbocycles. The average molecular weight is 251 g/mol. The van der Waals surface area contributed by atoms with Gasteiger partial charge in [0.2, 0.25) is 5.91 Å². The maximum absolute atomic E-state index is 11.3. The first-order valence-corrected chi connectivity index (χ1v) is 6.00. The molecule has 0 spiro atoms. The van der Waals surface area contributed by atoms with E-state index in [4.69, 9.17) is 0 Å². The van der Waals surface area contributed by atoms with Gasteiger partial charge in [0.25, 0.3) is 0 Å². The number of imidazole rings is 1. The molecule has 0 atom stereocenters. The molecule has 0 aromatic carbocycles. The molecule has 0 saturated heterocycles. The van der Waals surface area contributed by atoms with E-state index in [1.54, 1.807) is 6.20 Å². The van der Waals surface area contributed by atoms with Gasteiger partial charge in [-0.2, -0.15) is 0 Å². The fourth-order valence-electron chi connectivity index (χ4n) is 2.12. The highest BCUT2D eigenvalue weighted by molar-refractivity contribution is 5.94. The Morgan fingerprint density at radius 1 is 1.50 bits per heavy atom. The van der Waals surface area contributed by atoms with Crippen LogP contribution in [-0.4, -0.2) is 35.1 Å². The Kier molecular flexibility index (Phi) is 3.96. The number of hydrogen-bond acceptors (Lipinski definition) is 4. The molecule has 6 nitrogen and oxygen atoms in total. The largest absolute Gasteiger partial charge is 0.469 e. The highest BCUT2D eigenvalue weighted by atomic mass is 16.5. The fraction of sp³-hybridized carbons (Fsp3) is 0.583. The molecule has 1 aliphatic rings. The molecular weight excluding hydrogens is 234 g/mol. The molecule has 0 unspecified atom stereocenters. The topological polar surface area (TPSA) is 73.2 Å².